The van der Waals surface area contributed by atoms with Crippen LogP contribution in [0.4, 0.5) is 0 Å². The maximum absolute atomic E-state index is 12.2. The molecule has 20 heavy (non-hydrogen) atoms. The van der Waals surface area contributed by atoms with Crippen LogP contribution in [0.25, 0.3) is 0 Å². The lowest BCUT2D eigenvalue weighted by Gasteiger charge is -2.03. The molecule has 0 unspecified atom stereocenters. The summed E-state index contributed by atoms with van der Waals surface area (Å²) in [6.07, 6.45) is 1.54. The van der Waals surface area contributed by atoms with Crippen LogP contribution >= 0.6 is 0 Å². The van der Waals surface area contributed by atoms with Crippen molar-refractivity contribution in [3.05, 3.63) is 29.3 Å². The highest BCUT2D eigenvalue weighted by molar-refractivity contribution is 7.89. The molecule has 0 aliphatic rings. The molecule has 8 heteroatoms. The number of sulfonamides is 1. The van der Waals surface area contributed by atoms with E-state index in [9.17, 15) is 8.42 Å². The lowest BCUT2D eigenvalue weighted by atomic mass is 10.4. The zero-order chi connectivity index (χ0) is 14.9. The quantitative estimate of drug-likeness (QED) is 0.882. The van der Waals surface area contributed by atoms with E-state index in [0.29, 0.717) is 17.9 Å². The number of aromatic nitrogens is 4. The van der Waals surface area contributed by atoms with Crippen LogP contribution in [0, 0.1) is 13.8 Å². The molecule has 0 amide bonds. The standard InChI is InChI=1S/C12H19N5O2S/c1-5-17-8-12(10(3)14-17)20(18,19)13-7-11-6-9(2)16(4)15-11/h6,8,13H,5,7H2,1-4H3. The first-order chi connectivity index (χ1) is 9.33. The molecule has 7 nitrogen and oxygen atoms in total. The Labute approximate surface area is 118 Å². The summed E-state index contributed by atoms with van der Waals surface area (Å²) in [4.78, 5) is 0.215. The van der Waals surface area contributed by atoms with Crippen molar-refractivity contribution in [3.8, 4) is 0 Å². The first-order valence-corrected chi connectivity index (χ1v) is 7.85. The summed E-state index contributed by atoms with van der Waals surface area (Å²) in [5.41, 5.74) is 2.17. The zero-order valence-corrected chi connectivity index (χ0v) is 12.9. The van der Waals surface area contributed by atoms with Gasteiger partial charge in [-0.1, -0.05) is 0 Å². The van der Waals surface area contributed by atoms with Gasteiger partial charge in [-0.25, -0.2) is 13.1 Å². The lowest BCUT2D eigenvalue weighted by Crippen LogP contribution is -2.23. The minimum Gasteiger partial charge on any atom is -0.273 e. The third kappa shape index (κ3) is 2.91. The van der Waals surface area contributed by atoms with Gasteiger partial charge in [0.05, 0.1) is 17.9 Å². The van der Waals surface area contributed by atoms with Gasteiger partial charge in [0.1, 0.15) is 4.90 Å². The molecule has 0 spiro atoms. The van der Waals surface area contributed by atoms with Crippen molar-refractivity contribution in [3.63, 3.8) is 0 Å². The number of nitrogens with zero attached hydrogens (tertiary/aromatic N) is 4. The van der Waals surface area contributed by atoms with Crippen LogP contribution in [-0.2, 0) is 30.2 Å². The van der Waals surface area contributed by atoms with Gasteiger partial charge in [-0.2, -0.15) is 10.2 Å². The van der Waals surface area contributed by atoms with Crippen molar-refractivity contribution in [1.29, 1.82) is 0 Å². The van der Waals surface area contributed by atoms with Crippen LogP contribution in [0.5, 0.6) is 0 Å². The van der Waals surface area contributed by atoms with Crippen LogP contribution in [0.3, 0.4) is 0 Å². The summed E-state index contributed by atoms with van der Waals surface area (Å²) >= 11 is 0. The van der Waals surface area contributed by atoms with Gasteiger partial charge in [-0.05, 0) is 26.8 Å². The summed E-state index contributed by atoms with van der Waals surface area (Å²) in [5, 5.41) is 8.37. The third-order valence-corrected chi connectivity index (χ3v) is 4.63. The SMILES string of the molecule is CCn1cc(S(=O)(=O)NCc2cc(C)n(C)n2)c(C)n1. The average Bonchev–Trinajstić information content (AvgIpc) is 2.91. The molecule has 0 atom stereocenters. The van der Waals surface area contributed by atoms with Crippen LogP contribution in [0.15, 0.2) is 17.2 Å². The zero-order valence-electron chi connectivity index (χ0n) is 12.1. The lowest BCUT2D eigenvalue weighted by molar-refractivity contribution is 0.578. The van der Waals surface area contributed by atoms with Gasteiger partial charge in [-0.15, -0.1) is 0 Å². The van der Waals surface area contributed by atoms with Gasteiger partial charge in [0, 0.05) is 25.5 Å². The molecule has 0 aromatic carbocycles. The van der Waals surface area contributed by atoms with Gasteiger partial charge in [-0.3, -0.25) is 9.36 Å². The molecule has 110 valence electrons. The summed E-state index contributed by atoms with van der Waals surface area (Å²) < 4.78 is 30.4. The molecular formula is C12H19N5O2S. The van der Waals surface area contributed by atoms with E-state index < -0.39 is 10.0 Å². The van der Waals surface area contributed by atoms with Crippen molar-refractivity contribution >= 4 is 10.0 Å². The molecule has 2 aromatic heterocycles. The van der Waals surface area contributed by atoms with Crippen molar-refractivity contribution in [2.45, 2.75) is 38.8 Å². The molecule has 0 saturated carbocycles. The second-order valence-electron chi connectivity index (χ2n) is 4.66. The van der Waals surface area contributed by atoms with Crippen molar-refractivity contribution in [2.24, 2.45) is 7.05 Å². The van der Waals surface area contributed by atoms with Crippen LogP contribution in [-0.4, -0.2) is 28.0 Å². The largest absolute Gasteiger partial charge is 0.273 e. The van der Waals surface area contributed by atoms with Gasteiger partial charge >= 0.3 is 0 Å². The molecule has 0 bridgehead atoms. The second-order valence-corrected chi connectivity index (χ2v) is 6.40. The predicted molar refractivity (Wildman–Crippen MR) is 74.6 cm³/mol. The fourth-order valence-corrected chi connectivity index (χ4v) is 3.08. The Morgan fingerprint density at radius 1 is 1.30 bits per heavy atom. The Bertz CT molecular complexity index is 695. The van der Waals surface area contributed by atoms with E-state index >= 15 is 0 Å². The van der Waals surface area contributed by atoms with E-state index in [1.807, 2.05) is 27.0 Å². The maximum Gasteiger partial charge on any atom is 0.244 e. The highest BCUT2D eigenvalue weighted by Crippen LogP contribution is 2.13. The molecule has 2 rings (SSSR count). The summed E-state index contributed by atoms with van der Waals surface area (Å²) in [7, 11) is -1.74. The normalized spacial score (nSPS) is 12.0. The van der Waals surface area contributed by atoms with Gasteiger partial charge in [0.15, 0.2) is 0 Å². The maximum atomic E-state index is 12.2. The van der Waals surface area contributed by atoms with E-state index in [-0.39, 0.29) is 11.4 Å². The highest BCUT2D eigenvalue weighted by atomic mass is 32.2. The van der Waals surface area contributed by atoms with Crippen LogP contribution in [0.1, 0.15) is 24.0 Å². The van der Waals surface area contributed by atoms with E-state index in [1.165, 1.54) is 0 Å². The Kier molecular flexibility index (Phi) is 3.96. The van der Waals surface area contributed by atoms with Gasteiger partial charge in [0.2, 0.25) is 10.0 Å². The molecule has 2 aromatic rings. The Balaban J connectivity index is 2.16. The summed E-state index contributed by atoms with van der Waals surface area (Å²) in [6, 6.07) is 1.85. The average molecular weight is 297 g/mol. The number of rotatable bonds is 5. The minimum absolute atomic E-state index is 0.167. The van der Waals surface area contributed by atoms with Gasteiger partial charge < -0.3 is 0 Å². The first-order valence-electron chi connectivity index (χ1n) is 6.36. The predicted octanol–water partition coefficient (Wildman–Crippen LogP) is 0.732. The minimum atomic E-state index is -3.56. The molecule has 0 aliphatic heterocycles. The first kappa shape index (κ1) is 14.7. The second kappa shape index (κ2) is 5.37. The fraction of sp³-hybridized carbons (Fsp3) is 0.500. The van der Waals surface area contributed by atoms with Crippen molar-refractivity contribution in [1.82, 2.24) is 24.3 Å². The van der Waals surface area contributed by atoms with Crippen molar-refractivity contribution < 1.29 is 8.42 Å². The molecule has 2 heterocycles. The molecular weight excluding hydrogens is 278 g/mol. The van der Waals surface area contributed by atoms with Crippen molar-refractivity contribution in [2.75, 3.05) is 0 Å². The van der Waals surface area contributed by atoms with Gasteiger partial charge in [0.25, 0.3) is 0 Å². The summed E-state index contributed by atoms with van der Waals surface area (Å²) in [6.45, 7) is 6.32. The topological polar surface area (TPSA) is 81.8 Å². The Morgan fingerprint density at radius 3 is 2.50 bits per heavy atom. The monoisotopic (exact) mass is 297 g/mol. The molecule has 0 fully saturated rings. The number of hydrogen-bond donors (Lipinski definition) is 1. The van der Waals surface area contributed by atoms with E-state index in [4.69, 9.17) is 0 Å². The number of hydrogen-bond acceptors (Lipinski definition) is 4. The molecule has 0 aliphatic carbocycles. The molecule has 0 saturated heterocycles. The van der Waals surface area contributed by atoms with E-state index in [2.05, 4.69) is 14.9 Å². The van der Waals surface area contributed by atoms with E-state index in [0.717, 1.165) is 5.69 Å². The van der Waals surface area contributed by atoms with E-state index in [1.54, 1.807) is 22.5 Å². The number of aryl methyl sites for hydroxylation is 4. The Morgan fingerprint density at radius 2 is 2.00 bits per heavy atom. The van der Waals surface area contributed by atoms with Crippen LogP contribution < -0.4 is 4.72 Å². The fourth-order valence-electron chi connectivity index (χ4n) is 1.89. The highest BCUT2D eigenvalue weighted by Gasteiger charge is 2.20. The smallest absolute Gasteiger partial charge is 0.244 e. The molecule has 0 radical (unpaired) electrons. The number of nitrogens with one attached hydrogen (secondary N) is 1. The summed E-state index contributed by atoms with van der Waals surface area (Å²) in [5.74, 6) is 0. The van der Waals surface area contributed by atoms with Crippen LogP contribution in [0.2, 0.25) is 0 Å². The molecule has 1 N–H and O–H groups in total. The third-order valence-electron chi connectivity index (χ3n) is 3.12. The Hall–Kier alpha value is -1.67.